The highest BCUT2D eigenvalue weighted by Crippen LogP contribution is 2.27. The Kier molecular flexibility index (Phi) is 6.89. The summed E-state index contributed by atoms with van der Waals surface area (Å²) in [5.74, 6) is 0.125. The molecule has 1 N–H and O–H groups in total. The molecule has 0 heterocycles. The Morgan fingerprint density at radius 1 is 1.22 bits per heavy atom. The fourth-order valence-corrected chi connectivity index (χ4v) is 3.27. The van der Waals surface area contributed by atoms with E-state index in [1.54, 1.807) is 30.3 Å². The zero-order valence-electron chi connectivity index (χ0n) is 11.9. The largest absolute Gasteiger partial charge is 0.272 e. The van der Waals surface area contributed by atoms with Crippen LogP contribution in [0.1, 0.15) is 11.1 Å². The average molecular weight is 371 g/mol. The molecule has 2 aromatic carbocycles. The van der Waals surface area contributed by atoms with Crippen molar-refractivity contribution in [3.05, 3.63) is 69.5 Å². The Balaban J connectivity index is 1.77. The van der Waals surface area contributed by atoms with Crippen LogP contribution in [0.15, 0.2) is 47.6 Å². The number of amides is 1. The van der Waals surface area contributed by atoms with Crippen molar-refractivity contribution >= 4 is 47.1 Å². The van der Waals surface area contributed by atoms with E-state index in [2.05, 4.69) is 10.5 Å². The van der Waals surface area contributed by atoms with Gasteiger partial charge in [0.15, 0.2) is 0 Å². The van der Waals surface area contributed by atoms with Gasteiger partial charge in [-0.2, -0.15) is 5.10 Å². The Hall–Kier alpha value is -1.56. The third kappa shape index (κ3) is 5.86. The van der Waals surface area contributed by atoms with Crippen molar-refractivity contribution in [1.29, 1.82) is 0 Å². The standard InChI is InChI=1S/C16H13Cl2FN2OS/c17-14-5-2-6-15(18)13(14)9-23-10-16(22)21-20-8-11-3-1-4-12(19)7-11/h1-8H,9-10H2,(H,21,22)/b20-8-. The van der Waals surface area contributed by atoms with E-state index in [0.29, 0.717) is 21.4 Å². The van der Waals surface area contributed by atoms with Crippen molar-refractivity contribution in [3.8, 4) is 0 Å². The second-order valence-electron chi connectivity index (χ2n) is 4.54. The number of carbonyl (C=O) groups is 1. The molecule has 0 aliphatic rings. The molecule has 0 aromatic heterocycles. The fraction of sp³-hybridized carbons (Fsp3) is 0.125. The van der Waals surface area contributed by atoms with E-state index >= 15 is 0 Å². The Morgan fingerprint density at radius 3 is 2.61 bits per heavy atom. The molecular formula is C16H13Cl2FN2OS. The molecule has 7 heteroatoms. The van der Waals surface area contributed by atoms with Crippen LogP contribution in [0.3, 0.4) is 0 Å². The number of nitrogens with zero attached hydrogens (tertiary/aromatic N) is 1. The number of hydrogen-bond acceptors (Lipinski definition) is 3. The first kappa shape index (κ1) is 17.8. The lowest BCUT2D eigenvalue weighted by atomic mass is 10.2. The number of carbonyl (C=O) groups excluding carboxylic acids is 1. The van der Waals surface area contributed by atoms with Gasteiger partial charge in [-0.3, -0.25) is 4.79 Å². The molecule has 0 atom stereocenters. The van der Waals surface area contributed by atoms with Crippen LogP contribution < -0.4 is 5.43 Å². The van der Waals surface area contributed by atoms with Crippen molar-refractivity contribution < 1.29 is 9.18 Å². The van der Waals surface area contributed by atoms with Crippen molar-refractivity contribution in [3.63, 3.8) is 0 Å². The van der Waals surface area contributed by atoms with Gasteiger partial charge in [-0.1, -0.05) is 41.4 Å². The number of rotatable bonds is 6. The summed E-state index contributed by atoms with van der Waals surface area (Å²) in [7, 11) is 0. The van der Waals surface area contributed by atoms with Crippen LogP contribution in [0.2, 0.25) is 10.0 Å². The predicted octanol–water partition coefficient (Wildman–Crippen LogP) is 4.52. The summed E-state index contributed by atoms with van der Waals surface area (Å²) >= 11 is 13.5. The molecular weight excluding hydrogens is 358 g/mol. The lowest BCUT2D eigenvalue weighted by Gasteiger charge is -2.06. The molecule has 0 unspecified atom stereocenters. The van der Waals surface area contributed by atoms with E-state index in [-0.39, 0.29) is 17.5 Å². The molecule has 1 amide bonds. The molecule has 0 radical (unpaired) electrons. The van der Waals surface area contributed by atoms with Crippen LogP contribution >= 0.6 is 35.0 Å². The van der Waals surface area contributed by atoms with Crippen LogP contribution in [0, 0.1) is 5.82 Å². The van der Waals surface area contributed by atoms with Gasteiger partial charge in [0.05, 0.1) is 12.0 Å². The molecule has 2 aromatic rings. The summed E-state index contributed by atoms with van der Waals surface area (Å²) in [5, 5.41) is 4.94. The third-order valence-corrected chi connectivity index (χ3v) is 4.46. The maximum Gasteiger partial charge on any atom is 0.250 e. The molecule has 2 rings (SSSR count). The Bertz CT molecular complexity index is 705. The highest BCUT2D eigenvalue weighted by Gasteiger charge is 2.07. The maximum absolute atomic E-state index is 13.0. The van der Waals surface area contributed by atoms with Gasteiger partial charge < -0.3 is 0 Å². The van der Waals surface area contributed by atoms with Gasteiger partial charge >= 0.3 is 0 Å². The number of thioether (sulfide) groups is 1. The summed E-state index contributed by atoms with van der Waals surface area (Å²) in [6, 6.07) is 11.2. The minimum Gasteiger partial charge on any atom is -0.272 e. The summed E-state index contributed by atoms with van der Waals surface area (Å²) in [4.78, 5) is 11.7. The molecule has 0 spiro atoms. The Labute approximate surface area is 147 Å². The van der Waals surface area contributed by atoms with E-state index in [9.17, 15) is 9.18 Å². The first-order chi connectivity index (χ1) is 11.1. The Morgan fingerprint density at radius 2 is 1.91 bits per heavy atom. The lowest BCUT2D eigenvalue weighted by Crippen LogP contribution is -2.19. The average Bonchev–Trinajstić information content (AvgIpc) is 2.50. The number of halogens is 3. The molecule has 0 saturated carbocycles. The summed E-state index contributed by atoms with van der Waals surface area (Å²) in [6.45, 7) is 0. The van der Waals surface area contributed by atoms with Gasteiger partial charge in [-0.15, -0.1) is 11.8 Å². The van der Waals surface area contributed by atoms with Gasteiger partial charge in [0.25, 0.3) is 0 Å². The lowest BCUT2D eigenvalue weighted by molar-refractivity contribution is -0.118. The fourth-order valence-electron chi connectivity index (χ4n) is 1.71. The molecule has 0 fully saturated rings. The monoisotopic (exact) mass is 370 g/mol. The number of hydrazone groups is 1. The minimum absolute atomic E-state index is 0.210. The second-order valence-corrected chi connectivity index (χ2v) is 6.34. The van der Waals surface area contributed by atoms with Crippen molar-refractivity contribution in [2.45, 2.75) is 5.75 Å². The van der Waals surface area contributed by atoms with Gasteiger partial charge in [0.2, 0.25) is 5.91 Å². The topological polar surface area (TPSA) is 41.5 Å². The molecule has 0 saturated heterocycles. The molecule has 23 heavy (non-hydrogen) atoms. The van der Waals surface area contributed by atoms with E-state index in [0.717, 1.165) is 5.56 Å². The normalized spacial score (nSPS) is 10.9. The van der Waals surface area contributed by atoms with Gasteiger partial charge in [-0.25, -0.2) is 9.82 Å². The zero-order valence-corrected chi connectivity index (χ0v) is 14.3. The maximum atomic E-state index is 13.0. The SMILES string of the molecule is O=C(CSCc1c(Cl)cccc1Cl)N/N=C\c1cccc(F)c1. The first-order valence-electron chi connectivity index (χ1n) is 6.64. The molecule has 0 aliphatic carbocycles. The number of hydrogen-bond donors (Lipinski definition) is 1. The zero-order chi connectivity index (χ0) is 16.7. The van der Waals surface area contributed by atoms with E-state index in [1.165, 1.54) is 30.1 Å². The first-order valence-corrected chi connectivity index (χ1v) is 8.55. The van der Waals surface area contributed by atoms with Crippen molar-refractivity contribution in [2.24, 2.45) is 5.10 Å². The summed E-state index contributed by atoms with van der Waals surface area (Å²) < 4.78 is 13.0. The highest BCUT2D eigenvalue weighted by molar-refractivity contribution is 7.99. The van der Waals surface area contributed by atoms with E-state index in [4.69, 9.17) is 23.2 Å². The van der Waals surface area contributed by atoms with E-state index in [1.807, 2.05) is 0 Å². The molecule has 0 bridgehead atoms. The minimum atomic E-state index is -0.354. The van der Waals surface area contributed by atoms with Crippen molar-refractivity contribution in [1.82, 2.24) is 5.43 Å². The van der Waals surface area contributed by atoms with Crippen LogP contribution in [0.4, 0.5) is 4.39 Å². The van der Waals surface area contributed by atoms with Gasteiger partial charge in [-0.05, 0) is 35.4 Å². The third-order valence-electron chi connectivity index (χ3n) is 2.79. The molecule has 0 aliphatic heterocycles. The molecule has 3 nitrogen and oxygen atoms in total. The van der Waals surface area contributed by atoms with Gasteiger partial charge in [0, 0.05) is 15.8 Å². The van der Waals surface area contributed by atoms with Gasteiger partial charge in [0.1, 0.15) is 5.82 Å². The van der Waals surface area contributed by atoms with Crippen molar-refractivity contribution in [2.75, 3.05) is 5.75 Å². The van der Waals surface area contributed by atoms with E-state index < -0.39 is 0 Å². The number of benzene rings is 2. The quantitative estimate of drug-likeness (QED) is 0.599. The van der Waals surface area contributed by atoms with Crippen LogP contribution in [0.25, 0.3) is 0 Å². The molecule has 120 valence electrons. The second kappa shape index (κ2) is 8.91. The highest BCUT2D eigenvalue weighted by atomic mass is 35.5. The number of nitrogens with one attached hydrogen (secondary N) is 1. The smallest absolute Gasteiger partial charge is 0.250 e. The summed E-state index contributed by atoms with van der Waals surface area (Å²) in [5.41, 5.74) is 3.76. The van der Waals surface area contributed by atoms with Crippen LogP contribution in [-0.4, -0.2) is 17.9 Å². The summed E-state index contributed by atoms with van der Waals surface area (Å²) in [6.07, 6.45) is 1.39. The van der Waals surface area contributed by atoms with Crippen LogP contribution in [0.5, 0.6) is 0 Å². The predicted molar refractivity (Wildman–Crippen MR) is 94.8 cm³/mol. The van der Waals surface area contributed by atoms with Crippen LogP contribution in [-0.2, 0) is 10.5 Å².